The number of rotatable bonds is 5. The molecule has 11 heteroatoms. The minimum atomic E-state index is -3.74. The molecule has 3 N–H and O–H groups in total. The molecule has 33 heavy (non-hydrogen) atoms. The highest BCUT2D eigenvalue weighted by atomic mass is 35.5. The molecule has 9 nitrogen and oxygen atoms in total. The maximum atomic E-state index is 12.9. The summed E-state index contributed by atoms with van der Waals surface area (Å²) in [5.41, 5.74) is 6.03. The largest absolute Gasteiger partial charge is 0.287 e. The van der Waals surface area contributed by atoms with Crippen molar-refractivity contribution >= 4 is 33.4 Å². The van der Waals surface area contributed by atoms with Gasteiger partial charge in [0.15, 0.2) is 0 Å². The summed E-state index contributed by atoms with van der Waals surface area (Å²) in [6, 6.07) is 14.8. The molecule has 2 amide bonds. The Bertz CT molecular complexity index is 1270. The van der Waals surface area contributed by atoms with Gasteiger partial charge in [0, 0.05) is 18.7 Å². The monoisotopic (exact) mass is 487 g/mol. The van der Waals surface area contributed by atoms with Gasteiger partial charge in [-0.3, -0.25) is 25.5 Å². The summed E-state index contributed by atoms with van der Waals surface area (Å²) >= 11 is 6.13. The number of aromatic amines is 1. The fourth-order valence-electron chi connectivity index (χ4n) is 3.54. The van der Waals surface area contributed by atoms with Crippen LogP contribution in [0, 0.1) is 0 Å². The smallest absolute Gasteiger partial charge is 0.272 e. The minimum absolute atomic E-state index is 0.0219. The first-order valence-corrected chi connectivity index (χ1v) is 12.2. The molecule has 4 rings (SSSR count). The van der Waals surface area contributed by atoms with Crippen molar-refractivity contribution in [2.75, 3.05) is 13.1 Å². The Morgan fingerprint density at radius 2 is 1.64 bits per heavy atom. The molecule has 0 unspecified atom stereocenters. The third kappa shape index (κ3) is 5.08. The zero-order chi connectivity index (χ0) is 23.4. The number of hydrazine groups is 1. The molecule has 1 aliphatic rings. The van der Waals surface area contributed by atoms with Gasteiger partial charge in [-0.15, -0.1) is 0 Å². The van der Waals surface area contributed by atoms with Crippen molar-refractivity contribution < 1.29 is 18.0 Å². The van der Waals surface area contributed by atoms with E-state index in [9.17, 15) is 18.0 Å². The Morgan fingerprint density at radius 3 is 2.36 bits per heavy atom. The summed E-state index contributed by atoms with van der Waals surface area (Å²) in [5.74, 6) is -1.36. The quantitative estimate of drug-likeness (QED) is 0.477. The Balaban J connectivity index is 1.45. The number of aromatic nitrogens is 2. The van der Waals surface area contributed by atoms with Crippen LogP contribution in [0.1, 0.15) is 40.1 Å². The summed E-state index contributed by atoms with van der Waals surface area (Å²) in [6.45, 7) is 0.884. The van der Waals surface area contributed by atoms with Crippen LogP contribution in [0.3, 0.4) is 0 Å². The number of sulfonamides is 1. The predicted molar refractivity (Wildman–Crippen MR) is 123 cm³/mol. The SMILES string of the molecule is O=C(NNC(=O)c1cc(S(=O)(=O)N2CCCCC2)ccc1Cl)c1cc(-c2ccccc2)n[nH]1. The van der Waals surface area contributed by atoms with Crippen molar-refractivity contribution in [3.63, 3.8) is 0 Å². The molecular formula is C22H22ClN5O4S. The van der Waals surface area contributed by atoms with Crippen molar-refractivity contribution in [1.29, 1.82) is 0 Å². The lowest BCUT2D eigenvalue weighted by atomic mass is 10.1. The number of benzene rings is 2. The third-order valence-corrected chi connectivity index (χ3v) is 7.54. The first kappa shape index (κ1) is 23.0. The van der Waals surface area contributed by atoms with Gasteiger partial charge in [-0.05, 0) is 37.1 Å². The van der Waals surface area contributed by atoms with E-state index in [-0.39, 0.29) is 21.2 Å². The standard InChI is InChI=1S/C22H22ClN5O4S/c23-18-10-9-16(33(31,32)28-11-5-2-6-12-28)13-17(18)21(29)26-27-22(30)20-14-19(24-25-20)15-7-3-1-4-8-15/h1,3-4,7-10,13-14H,2,5-6,11-12H2,(H,24,25)(H,26,29)(H,27,30). The molecule has 1 fully saturated rings. The van der Waals surface area contributed by atoms with E-state index in [2.05, 4.69) is 21.0 Å². The number of hydrogen-bond donors (Lipinski definition) is 3. The summed E-state index contributed by atoms with van der Waals surface area (Å²) < 4.78 is 27.2. The molecule has 2 aromatic carbocycles. The number of nitrogens with zero attached hydrogens (tertiary/aromatic N) is 2. The molecule has 1 aliphatic heterocycles. The molecule has 0 spiro atoms. The summed E-state index contributed by atoms with van der Waals surface area (Å²) in [6.07, 6.45) is 2.58. The molecule has 0 atom stereocenters. The molecule has 1 saturated heterocycles. The maximum Gasteiger partial charge on any atom is 0.287 e. The average Bonchev–Trinajstić information content (AvgIpc) is 3.34. The number of carbonyl (C=O) groups excluding carboxylic acids is 2. The van der Waals surface area contributed by atoms with Gasteiger partial charge >= 0.3 is 0 Å². The van der Waals surface area contributed by atoms with E-state index >= 15 is 0 Å². The van der Waals surface area contributed by atoms with Gasteiger partial charge in [0.2, 0.25) is 10.0 Å². The number of piperidine rings is 1. The summed E-state index contributed by atoms with van der Waals surface area (Å²) in [7, 11) is -3.74. The van der Waals surface area contributed by atoms with Crippen LogP contribution < -0.4 is 10.9 Å². The van der Waals surface area contributed by atoms with Gasteiger partial charge in [-0.25, -0.2) is 8.42 Å². The highest BCUT2D eigenvalue weighted by Crippen LogP contribution is 2.25. The van der Waals surface area contributed by atoms with Crippen LogP contribution in [0.25, 0.3) is 11.3 Å². The molecule has 3 aromatic rings. The van der Waals surface area contributed by atoms with Gasteiger partial charge in [0.05, 0.1) is 21.2 Å². The Kier molecular flexibility index (Phi) is 6.77. The lowest BCUT2D eigenvalue weighted by molar-refractivity contribution is 0.0844. The van der Waals surface area contributed by atoms with Gasteiger partial charge in [-0.2, -0.15) is 9.40 Å². The molecule has 172 valence electrons. The third-order valence-electron chi connectivity index (χ3n) is 5.32. The fraction of sp³-hybridized carbons (Fsp3) is 0.227. The van der Waals surface area contributed by atoms with E-state index in [1.165, 1.54) is 22.5 Å². The van der Waals surface area contributed by atoms with Crippen molar-refractivity contribution in [3.8, 4) is 11.3 Å². The molecule has 0 saturated carbocycles. The summed E-state index contributed by atoms with van der Waals surface area (Å²) in [4.78, 5) is 25.0. The van der Waals surface area contributed by atoms with Crippen LogP contribution in [-0.4, -0.2) is 47.8 Å². The first-order chi connectivity index (χ1) is 15.9. The summed E-state index contributed by atoms with van der Waals surface area (Å²) in [5, 5.41) is 6.78. The van der Waals surface area contributed by atoms with Crippen LogP contribution in [0.15, 0.2) is 59.5 Å². The lowest BCUT2D eigenvalue weighted by Gasteiger charge is -2.26. The Hall–Kier alpha value is -3.21. The fourth-order valence-corrected chi connectivity index (χ4v) is 5.28. The zero-order valence-corrected chi connectivity index (χ0v) is 19.1. The number of halogens is 1. The molecule has 0 bridgehead atoms. The van der Waals surface area contributed by atoms with E-state index in [1.54, 1.807) is 6.07 Å². The maximum absolute atomic E-state index is 12.9. The van der Waals surface area contributed by atoms with E-state index in [0.29, 0.717) is 18.8 Å². The van der Waals surface area contributed by atoms with Crippen molar-refractivity contribution in [3.05, 3.63) is 70.9 Å². The van der Waals surface area contributed by atoms with Gasteiger partial charge in [0.1, 0.15) is 5.69 Å². The van der Waals surface area contributed by atoms with Gasteiger partial charge in [0.25, 0.3) is 11.8 Å². The van der Waals surface area contributed by atoms with Crippen LogP contribution in [0.2, 0.25) is 5.02 Å². The number of H-pyrrole nitrogens is 1. The Labute approximate surface area is 196 Å². The van der Waals surface area contributed by atoms with Crippen molar-refractivity contribution in [2.45, 2.75) is 24.2 Å². The highest BCUT2D eigenvalue weighted by molar-refractivity contribution is 7.89. The molecule has 0 radical (unpaired) electrons. The number of nitrogens with one attached hydrogen (secondary N) is 3. The van der Waals surface area contributed by atoms with Crippen LogP contribution in [0.4, 0.5) is 0 Å². The number of carbonyl (C=O) groups is 2. The molecule has 2 heterocycles. The van der Waals surface area contributed by atoms with Crippen LogP contribution in [0.5, 0.6) is 0 Å². The van der Waals surface area contributed by atoms with Crippen LogP contribution in [-0.2, 0) is 10.0 Å². The lowest BCUT2D eigenvalue weighted by Crippen LogP contribution is -2.42. The van der Waals surface area contributed by atoms with E-state index in [4.69, 9.17) is 11.6 Å². The minimum Gasteiger partial charge on any atom is -0.272 e. The number of hydrogen-bond acceptors (Lipinski definition) is 5. The molecule has 0 aliphatic carbocycles. The topological polar surface area (TPSA) is 124 Å². The molecule has 1 aromatic heterocycles. The van der Waals surface area contributed by atoms with E-state index in [1.807, 2.05) is 30.3 Å². The second kappa shape index (κ2) is 9.74. The normalized spacial score (nSPS) is 14.6. The highest BCUT2D eigenvalue weighted by Gasteiger charge is 2.27. The Morgan fingerprint density at radius 1 is 0.939 bits per heavy atom. The van der Waals surface area contributed by atoms with E-state index < -0.39 is 21.8 Å². The van der Waals surface area contributed by atoms with Crippen LogP contribution >= 0.6 is 11.6 Å². The van der Waals surface area contributed by atoms with Gasteiger partial charge in [-0.1, -0.05) is 48.4 Å². The van der Waals surface area contributed by atoms with E-state index in [0.717, 1.165) is 24.8 Å². The number of amides is 2. The zero-order valence-electron chi connectivity index (χ0n) is 17.5. The molecular weight excluding hydrogens is 466 g/mol. The average molecular weight is 488 g/mol. The van der Waals surface area contributed by atoms with Crippen molar-refractivity contribution in [2.24, 2.45) is 0 Å². The van der Waals surface area contributed by atoms with Gasteiger partial charge < -0.3 is 0 Å². The van der Waals surface area contributed by atoms with Crippen molar-refractivity contribution in [1.82, 2.24) is 25.4 Å². The second-order valence-corrected chi connectivity index (χ2v) is 9.89. The first-order valence-electron chi connectivity index (χ1n) is 10.4. The predicted octanol–water partition coefficient (Wildman–Crippen LogP) is 2.98. The second-order valence-electron chi connectivity index (χ2n) is 7.55.